The van der Waals surface area contributed by atoms with Crippen LogP contribution >= 0.6 is 0 Å². The predicted molar refractivity (Wildman–Crippen MR) is 355 cm³/mol. The molecule has 2 aliphatic rings. The fraction of sp³-hybridized carbons (Fsp3) is 0.0238. The van der Waals surface area contributed by atoms with Gasteiger partial charge in [-0.25, -0.2) is 0 Å². The van der Waals surface area contributed by atoms with Crippen LogP contribution in [0.3, 0.4) is 0 Å². The van der Waals surface area contributed by atoms with Crippen LogP contribution in [-0.2, 0) is 10.8 Å². The standard InChI is InChI=1S/C84H54O2/c1-6-28-55(29-7-1)78-62-38-16-18-40-64(62)79(65-41-19-17-39-63(65)78)80-66-44-24-42-60(68-46-26-50-74-81(68)85-76-52-22-20-48-72(76)83(74,56-30-8-2-9-31-56)57-32-10-3-11-33-57)70(66)54-71-61(43-25-45-67(71)80)69-47-27-51-75-82(69)86-77-53-23-21-49-73(77)84(75,58-34-12-4-13-35-58)59-36-14-5-15-37-59/h1-54H. The maximum absolute atomic E-state index is 7.44. The van der Waals surface area contributed by atoms with Crippen LogP contribution in [0.25, 0.3) is 87.6 Å². The highest BCUT2D eigenvalue weighted by atomic mass is 16.5. The Kier molecular flexibility index (Phi) is 11.4. The first-order chi connectivity index (χ1) is 42.7. The summed E-state index contributed by atoms with van der Waals surface area (Å²) >= 11 is 0. The molecule has 86 heavy (non-hydrogen) atoms. The molecule has 0 aromatic heterocycles. The third-order valence-corrected chi connectivity index (χ3v) is 18.5. The van der Waals surface area contributed by atoms with Gasteiger partial charge in [-0.15, -0.1) is 0 Å². The second-order valence-electron chi connectivity index (χ2n) is 22.8. The first-order valence-corrected chi connectivity index (χ1v) is 29.7. The van der Waals surface area contributed by atoms with Crippen molar-refractivity contribution in [1.29, 1.82) is 0 Å². The Morgan fingerprint density at radius 3 is 0.872 bits per heavy atom. The van der Waals surface area contributed by atoms with Gasteiger partial charge in [0, 0.05) is 33.4 Å². The van der Waals surface area contributed by atoms with Crippen LogP contribution in [-0.4, -0.2) is 0 Å². The maximum Gasteiger partial charge on any atom is 0.140 e. The van der Waals surface area contributed by atoms with Crippen LogP contribution in [0.1, 0.15) is 44.5 Å². The minimum absolute atomic E-state index is 0.698. The second-order valence-corrected chi connectivity index (χ2v) is 22.8. The Balaban J connectivity index is 1.01. The first-order valence-electron chi connectivity index (χ1n) is 29.7. The molecule has 0 saturated carbocycles. The van der Waals surface area contributed by atoms with Gasteiger partial charge in [-0.2, -0.15) is 0 Å². The van der Waals surface area contributed by atoms with Crippen LogP contribution in [0.4, 0.5) is 0 Å². The third-order valence-electron chi connectivity index (χ3n) is 18.5. The summed E-state index contributed by atoms with van der Waals surface area (Å²) in [6.07, 6.45) is 0. The van der Waals surface area contributed by atoms with E-state index in [4.69, 9.17) is 9.47 Å². The number of ether oxygens (including phenoxy) is 2. The average molecular weight is 1100 g/mol. The number of para-hydroxylation sites is 4. The predicted octanol–water partition coefficient (Wildman–Crippen LogP) is 21.9. The Bertz CT molecular complexity index is 4770. The van der Waals surface area contributed by atoms with Crippen molar-refractivity contribution in [2.24, 2.45) is 0 Å². The molecule has 0 spiro atoms. The number of hydrogen-bond acceptors (Lipinski definition) is 2. The van der Waals surface area contributed by atoms with Gasteiger partial charge in [0.25, 0.3) is 0 Å². The third kappa shape index (κ3) is 7.20. The average Bonchev–Trinajstić information content (AvgIpc) is 0.873. The van der Waals surface area contributed by atoms with Gasteiger partial charge in [-0.05, 0) is 117 Å². The summed E-state index contributed by atoms with van der Waals surface area (Å²) < 4.78 is 14.9. The molecule has 0 atom stereocenters. The summed E-state index contributed by atoms with van der Waals surface area (Å²) in [5.74, 6) is 3.35. The fourth-order valence-electron chi connectivity index (χ4n) is 15.1. The molecule has 402 valence electrons. The normalized spacial score (nSPS) is 13.5. The summed E-state index contributed by atoms with van der Waals surface area (Å²) in [6, 6.07) is 120. The molecular formula is C84H54O2. The SMILES string of the molecule is c1ccc(-c2c3ccccc3c(-c3c4cccc(-c5cccc6c5Oc5ccccc5C6(c5ccccc5)c5ccccc5)c4cc4c(-c5cccc6c5Oc5ccccc5C6(c5ccccc5)c5ccccc5)cccc34)c3ccccc23)cc1. The lowest BCUT2D eigenvalue weighted by atomic mass is 9.63. The Morgan fingerprint density at radius 1 is 0.198 bits per heavy atom. The van der Waals surface area contributed by atoms with Gasteiger partial charge in [0.1, 0.15) is 23.0 Å². The van der Waals surface area contributed by atoms with E-state index >= 15 is 0 Å². The van der Waals surface area contributed by atoms with Crippen molar-refractivity contribution in [2.45, 2.75) is 10.8 Å². The van der Waals surface area contributed by atoms with E-state index in [-0.39, 0.29) is 0 Å². The van der Waals surface area contributed by atoms with Crippen LogP contribution in [0.5, 0.6) is 23.0 Å². The fourth-order valence-corrected chi connectivity index (χ4v) is 15.1. The zero-order chi connectivity index (χ0) is 56.8. The molecule has 2 aliphatic heterocycles. The van der Waals surface area contributed by atoms with E-state index in [1.54, 1.807) is 0 Å². The molecular weight excluding hydrogens is 1040 g/mol. The lowest BCUT2D eigenvalue weighted by Crippen LogP contribution is -2.34. The van der Waals surface area contributed by atoms with Crippen LogP contribution < -0.4 is 9.47 Å². The summed E-state index contributed by atoms with van der Waals surface area (Å²) in [5, 5.41) is 9.31. The van der Waals surface area contributed by atoms with Gasteiger partial charge in [0.15, 0.2) is 0 Å². The molecule has 0 bridgehead atoms. The minimum atomic E-state index is -0.698. The molecule has 0 amide bonds. The lowest BCUT2D eigenvalue weighted by molar-refractivity contribution is 0.436. The van der Waals surface area contributed by atoms with E-state index in [0.717, 1.165) is 89.1 Å². The quantitative estimate of drug-likeness (QED) is 0.141. The highest BCUT2D eigenvalue weighted by molar-refractivity contribution is 6.29. The van der Waals surface area contributed by atoms with Gasteiger partial charge in [-0.1, -0.05) is 309 Å². The lowest BCUT2D eigenvalue weighted by Gasteiger charge is -2.42. The van der Waals surface area contributed by atoms with Crippen molar-refractivity contribution < 1.29 is 9.47 Å². The smallest absolute Gasteiger partial charge is 0.140 e. The molecule has 2 nitrogen and oxygen atoms in total. The van der Waals surface area contributed by atoms with Crippen LogP contribution in [0.15, 0.2) is 328 Å². The topological polar surface area (TPSA) is 18.5 Å². The molecule has 15 aromatic carbocycles. The van der Waals surface area contributed by atoms with Gasteiger partial charge in [0.2, 0.25) is 0 Å². The number of rotatable bonds is 8. The molecule has 2 heteroatoms. The maximum atomic E-state index is 7.44. The molecule has 0 fully saturated rings. The Morgan fingerprint density at radius 2 is 0.477 bits per heavy atom. The number of fused-ring (bicyclic) bond motifs is 8. The highest BCUT2D eigenvalue weighted by Gasteiger charge is 2.48. The van der Waals surface area contributed by atoms with E-state index in [1.807, 2.05) is 0 Å². The zero-order valence-electron chi connectivity index (χ0n) is 47.0. The Labute approximate surface area is 500 Å². The molecule has 15 aromatic rings. The highest BCUT2D eigenvalue weighted by Crippen LogP contribution is 2.61. The van der Waals surface area contributed by atoms with Crippen molar-refractivity contribution in [3.63, 3.8) is 0 Å². The van der Waals surface area contributed by atoms with Crippen molar-refractivity contribution in [3.05, 3.63) is 372 Å². The summed E-state index contributed by atoms with van der Waals surface area (Å²) in [6.45, 7) is 0. The minimum Gasteiger partial charge on any atom is -0.456 e. The molecule has 2 heterocycles. The van der Waals surface area contributed by atoms with E-state index in [2.05, 4.69) is 328 Å². The van der Waals surface area contributed by atoms with Gasteiger partial charge in [0.05, 0.1) is 10.8 Å². The molecule has 0 saturated heterocycles. The van der Waals surface area contributed by atoms with E-state index < -0.39 is 10.8 Å². The van der Waals surface area contributed by atoms with Gasteiger partial charge >= 0.3 is 0 Å². The summed E-state index contributed by atoms with van der Waals surface area (Å²) in [7, 11) is 0. The largest absolute Gasteiger partial charge is 0.456 e. The second kappa shape index (κ2) is 19.8. The van der Waals surface area contributed by atoms with Gasteiger partial charge in [-0.3, -0.25) is 0 Å². The molecule has 0 N–H and O–H groups in total. The molecule has 17 rings (SSSR count). The van der Waals surface area contributed by atoms with Crippen molar-refractivity contribution >= 4 is 43.1 Å². The summed E-state index contributed by atoms with van der Waals surface area (Å²) in [5.41, 5.74) is 16.7. The van der Waals surface area contributed by atoms with Crippen LogP contribution in [0, 0.1) is 0 Å². The van der Waals surface area contributed by atoms with Crippen molar-refractivity contribution in [3.8, 4) is 67.5 Å². The molecule has 0 radical (unpaired) electrons. The van der Waals surface area contributed by atoms with Crippen LogP contribution in [0.2, 0.25) is 0 Å². The van der Waals surface area contributed by atoms with E-state index in [9.17, 15) is 0 Å². The van der Waals surface area contributed by atoms with Crippen molar-refractivity contribution in [1.82, 2.24) is 0 Å². The van der Waals surface area contributed by atoms with E-state index in [1.165, 1.54) is 66.1 Å². The Hall–Kier alpha value is -11.1. The van der Waals surface area contributed by atoms with Crippen molar-refractivity contribution in [2.75, 3.05) is 0 Å². The summed E-state index contributed by atoms with van der Waals surface area (Å²) in [4.78, 5) is 0. The van der Waals surface area contributed by atoms with E-state index in [0.29, 0.717) is 0 Å². The first kappa shape index (κ1) is 49.5. The molecule has 0 aliphatic carbocycles. The van der Waals surface area contributed by atoms with Gasteiger partial charge < -0.3 is 9.47 Å². The molecule has 0 unspecified atom stereocenters. The number of benzene rings is 15. The number of hydrogen-bond donors (Lipinski definition) is 0. The zero-order valence-corrected chi connectivity index (χ0v) is 47.0. The monoisotopic (exact) mass is 1090 g/mol.